The Labute approximate surface area is 814 Å². The molecule has 4 aliphatic heterocycles. The van der Waals surface area contributed by atoms with Crippen molar-refractivity contribution in [2.45, 2.75) is 171 Å². The molecule has 0 amide bonds. The van der Waals surface area contributed by atoms with Crippen molar-refractivity contribution in [1.82, 2.24) is 18.3 Å². The standard InChI is InChI=1S/3C34H31N2O.C26H25N2/c1-21(2)29-18-24(25-13-9-14-28-27-12-7-8-15-31(27)37-33(25)28)19-30(22(3)4)32(29)36-17-16-35-20-23-10-5-6-11-26(23)34(35)36;1-21(2)29-17-25(23-13-14-28-27-11-7-8-12-31(27)37-32(28)19-23)18-30(22(3)4)33(29)36-16-15-35-20-24-9-5-6-10-26(24)34(35)36;1-21(2)28-18-25(23-13-14-32-30(17-23)27-11-7-8-12-31(27)37-32)19-29(22(3)4)33(28)36-16-15-35-20-24-9-5-6-10-26(24)34(35)36;1-3-19-14-15-23(20-10-6-5-7-11-20)22(4-2)25(19)28-17-16-27-18-21-12-8-9-13-24(21)26(27)28/h3*5-19,21-22H,20H2,1-4H3;5-17H,3-4,18H2,1-2H3/q4*+1. The number of fused-ring (bicyclic) bond motifs is 21. The minimum atomic E-state index is 0.363. The molecule has 0 saturated carbocycles. The lowest BCUT2D eigenvalue weighted by Gasteiger charge is -2.20. The number of hydrogen-bond acceptors (Lipinski definition) is 3. The minimum absolute atomic E-state index is 0.363. The van der Waals surface area contributed by atoms with Crippen molar-refractivity contribution < 1.29 is 31.5 Å². The van der Waals surface area contributed by atoms with Crippen LogP contribution in [0, 0.1) is 0 Å². The van der Waals surface area contributed by atoms with Gasteiger partial charge in [-0.2, -0.15) is 18.3 Å². The molecule has 0 atom stereocenters. The second-order valence-electron chi connectivity index (χ2n) is 40.1. The summed E-state index contributed by atoms with van der Waals surface area (Å²) in [4.78, 5) is 0. The van der Waals surface area contributed by atoms with E-state index in [1.165, 1.54) is 206 Å². The van der Waals surface area contributed by atoms with Crippen LogP contribution in [-0.4, -0.2) is 18.3 Å². The Bertz CT molecular complexity index is 8470. The molecule has 11 heterocycles. The lowest BCUT2D eigenvalue weighted by Crippen LogP contribution is -2.30. The van der Waals surface area contributed by atoms with Crippen LogP contribution in [0.2, 0.25) is 0 Å². The number of nitrogens with zero attached hydrogens (tertiary/aromatic N) is 8. The van der Waals surface area contributed by atoms with E-state index in [4.69, 9.17) is 13.3 Å². The summed E-state index contributed by atoms with van der Waals surface area (Å²) < 4.78 is 38.0. The van der Waals surface area contributed by atoms with E-state index in [9.17, 15) is 0 Å². The van der Waals surface area contributed by atoms with Gasteiger partial charge < -0.3 is 13.3 Å². The Hall–Kier alpha value is -15.5. The molecule has 11 heteroatoms. The third-order valence-electron chi connectivity index (χ3n) is 29.5. The molecule has 22 aromatic rings. The van der Waals surface area contributed by atoms with Gasteiger partial charge in [0.15, 0.2) is 0 Å². The highest BCUT2D eigenvalue weighted by Crippen LogP contribution is 2.48. The Morgan fingerprint density at radius 2 is 0.568 bits per heavy atom. The average Bonchev–Trinajstić information content (AvgIpc) is 1.62. The predicted molar refractivity (Wildman–Crippen MR) is 569 cm³/mol. The third-order valence-corrected chi connectivity index (χ3v) is 29.5. The maximum absolute atomic E-state index is 6.43. The normalized spacial score (nSPS) is 12.6. The maximum Gasteiger partial charge on any atom is 0.294 e. The van der Waals surface area contributed by atoms with Crippen LogP contribution in [0.25, 0.3) is 179 Å². The number of hydrogen-bond donors (Lipinski definition) is 0. The van der Waals surface area contributed by atoms with Gasteiger partial charge in [0.2, 0.25) is 0 Å². The highest BCUT2D eigenvalue weighted by Gasteiger charge is 2.39. The van der Waals surface area contributed by atoms with Crippen molar-refractivity contribution in [3.8, 4) is 113 Å². The van der Waals surface area contributed by atoms with Crippen molar-refractivity contribution in [2.75, 3.05) is 0 Å². The smallest absolute Gasteiger partial charge is 0.294 e. The molecule has 4 aliphatic rings. The van der Waals surface area contributed by atoms with Crippen LogP contribution in [0.15, 0.2) is 366 Å². The zero-order valence-corrected chi connectivity index (χ0v) is 82.0. The summed E-state index contributed by atoms with van der Waals surface area (Å²) in [6.07, 6.45) is 19.9. The second kappa shape index (κ2) is 35.6. The molecule has 26 rings (SSSR count). The highest BCUT2D eigenvalue weighted by atomic mass is 16.3. The molecule has 0 N–H and O–H groups in total. The summed E-state index contributed by atoms with van der Waals surface area (Å²) in [6, 6.07) is 110. The molecule has 0 aliphatic carbocycles. The van der Waals surface area contributed by atoms with Crippen molar-refractivity contribution in [3.05, 3.63) is 420 Å². The van der Waals surface area contributed by atoms with E-state index in [0.29, 0.717) is 35.5 Å². The molecule has 0 radical (unpaired) electrons. The summed E-state index contributed by atoms with van der Waals surface area (Å²) >= 11 is 0. The molecule has 139 heavy (non-hydrogen) atoms. The number of aryl methyl sites for hydroxylation is 1. The van der Waals surface area contributed by atoms with E-state index in [1.54, 1.807) is 0 Å². The van der Waals surface area contributed by atoms with Crippen molar-refractivity contribution in [2.24, 2.45) is 0 Å². The average molecular weight is 1820 g/mol. The molecule has 684 valence electrons. The molecule has 15 aromatic carbocycles. The Balaban J connectivity index is 0.000000104. The van der Waals surface area contributed by atoms with Gasteiger partial charge in [0.25, 0.3) is 23.3 Å². The lowest BCUT2D eigenvalue weighted by molar-refractivity contribution is -0.671. The number of aromatic nitrogens is 8. The summed E-state index contributed by atoms with van der Waals surface area (Å²) in [7, 11) is 0. The Kier molecular flexibility index (Phi) is 22.4. The van der Waals surface area contributed by atoms with Crippen molar-refractivity contribution in [3.63, 3.8) is 0 Å². The molecule has 0 saturated heterocycles. The van der Waals surface area contributed by atoms with Gasteiger partial charge in [0.05, 0.1) is 22.3 Å². The first kappa shape index (κ1) is 87.6. The van der Waals surface area contributed by atoms with Gasteiger partial charge in [0.1, 0.15) is 132 Å². The second-order valence-corrected chi connectivity index (χ2v) is 40.1. The van der Waals surface area contributed by atoms with Gasteiger partial charge in [-0.1, -0.05) is 297 Å². The molecule has 0 unspecified atom stereocenters. The largest absolute Gasteiger partial charge is 0.456 e. The van der Waals surface area contributed by atoms with Gasteiger partial charge in [-0.3, -0.25) is 0 Å². The predicted octanol–water partition coefficient (Wildman–Crippen LogP) is 31.4. The van der Waals surface area contributed by atoms with E-state index >= 15 is 0 Å². The SMILES string of the molecule is CC(C)c1cc(-c2ccc3c(c2)oc2ccccc23)cc(C(C)C)c1-n1cc[n+]2c1-c1ccccc1C2.CC(C)c1cc(-c2ccc3oc4ccccc4c3c2)cc(C(C)C)c1-n1cc[n+]2c1-c1ccccc1C2.CC(C)c1cc(-c2cccc3c2oc2ccccc23)cc(C(C)C)c1-n1cc[n+]2c1-c1ccccc1C2.CCc1ccc(-c2ccccc2)c(CC)c1-n1cc[n+]2c1-c1ccccc1C2. The van der Waals surface area contributed by atoms with E-state index in [0.717, 1.165) is 78.1 Å². The lowest BCUT2D eigenvalue weighted by atomic mass is 9.87. The van der Waals surface area contributed by atoms with E-state index in [1.807, 2.05) is 30.3 Å². The summed E-state index contributed by atoms with van der Waals surface area (Å²) in [5.41, 5.74) is 42.9. The van der Waals surface area contributed by atoms with Crippen LogP contribution in [-0.2, 0) is 39.0 Å². The van der Waals surface area contributed by atoms with Gasteiger partial charge in [0, 0.05) is 99.1 Å². The number of rotatable bonds is 16. The van der Waals surface area contributed by atoms with Gasteiger partial charge >= 0.3 is 0 Å². The molecular formula is C128H118N8O3+4. The molecule has 11 nitrogen and oxygen atoms in total. The van der Waals surface area contributed by atoms with Gasteiger partial charge in [-0.25, -0.2) is 18.3 Å². The fourth-order valence-electron chi connectivity index (χ4n) is 22.6. The van der Waals surface area contributed by atoms with Gasteiger partial charge in [-0.15, -0.1) is 0 Å². The van der Waals surface area contributed by atoms with Crippen molar-refractivity contribution in [1.29, 1.82) is 0 Å². The van der Waals surface area contributed by atoms with Gasteiger partial charge in [-0.05, 0) is 196 Å². The van der Waals surface area contributed by atoms with Crippen LogP contribution in [0.3, 0.4) is 0 Å². The van der Waals surface area contributed by atoms with Crippen LogP contribution in [0.4, 0.5) is 0 Å². The van der Waals surface area contributed by atoms with Crippen LogP contribution < -0.4 is 18.3 Å². The summed E-state index contributed by atoms with van der Waals surface area (Å²) in [5, 5.41) is 7.02. The van der Waals surface area contributed by atoms with Crippen LogP contribution in [0.5, 0.6) is 0 Å². The number of imidazole rings is 4. The molecule has 0 spiro atoms. The topological polar surface area (TPSA) is 74.7 Å². The minimum Gasteiger partial charge on any atom is -0.456 e. The van der Waals surface area contributed by atoms with E-state index in [-0.39, 0.29) is 0 Å². The quantitative estimate of drug-likeness (QED) is 0.0905. The fourth-order valence-corrected chi connectivity index (χ4v) is 22.6. The Morgan fingerprint density at radius 1 is 0.237 bits per heavy atom. The monoisotopic (exact) mass is 1810 g/mol. The summed E-state index contributed by atoms with van der Waals surface area (Å²) in [6.45, 7) is 36.0. The molecule has 0 bridgehead atoms. The molecule has 0 fully saturated rings. The first-order chi connectivity index (χ1) is 67.8. The van der Waals surface area contributed by atoms with E-state index < -0.39 is 0 Å². The van der Waals surface area contributed by atoms with Crippen LogP contribution in [0.1, 0.15) is 199 Å². The fraction of sp³-hybridized carbons (Fsp3) is 0.203. The summed E-state index contributed by atoms with van der Waals surface area (Å²) in [5.74, 6) is 7.36. The molecule has 7 aromatic heterocycles. The first-order valence-corrected chi connectivity index (χ1v) is 50.1. The number of para-hydroxylation sites is 4. The maximum atomic E-state index is 6.43. The first-order valence-electron chi connectivity index (χ1n) is 50.1. The number of furan rings is 3. The number of benzene rings is 15. The van der Waals surface area contributed by atoms with Crippen molar-refractivity contribution >= 4 is 65.8 Å². The van der Waals surface area contributed by atoms with Crippen LogP contribution >= 0.6 is 0 Å². The zero-order valence-electron chi connectivity index (χ0n) is 82.0. The van der Waals surface area contributed by atoms with E-state index in [2.05, 4.69) is 456 Å². The Morgan fingerprint density at radius 3 is 0.993 bits per heavy atom. The third kappa shape index (κ3) is 15.2. The highest BCUT2D eigenvalue weighted by molar-refractivity contribution is 6.10. The zero-order chi connectivity index (χ0) is 94.9. The molecular weight excluding hydrogens is 1700 g/mol.